The van der Waals surface area contributed by atoms with E-state index in [2.05, 4.69) is 5.32 Å². The Balaban J connectivity index is 1.83. The van der Waals surface area contributed by atoms with E-state index >= 15 is 0 Å². The smallest absolute Gasteiger partial charge is 0.337 e. The minimum atomic E-state index is -0.605. The minimum Gasteiger partial charge on any atom is -0.460 e. The van der Waals surface area contributed by atoms with E-state index in [1.807, 2.05) is 37.3 Å². The van der Waals surface area contributed by atoms with Crippen LogP contribution in [0, 0.1) is 0 Å². The van der Waals surface area contributed by atoms with Crippen molar-refractivity contribution in [1.29, 1.82) is 0 Å². The zero-order valence-corrected chi connectivity index (χ0v) is 19.8. The summed E-state index contributed by atoms with van der Waals surface area (Å²) in [6, 6.07) is 15.2. The first-order valence-corrected chi connectivity index (χ1v) is 11.5. The summed E-state index contributed by atoms with van der Waals surface area (Å²) in [7, 11) is 0. The molecule has 0 saturated carbocycles. The molecule has 6 heteroatoms. The molecule has 0 bridgehead atoms. The Hall–Kier alpha value is -2.56. The lowest BCUT2D eigenvalue weighted by Crippen LogP contribution is -2.36. The third-order valence-corrected chi connectivity index (χ3v) is 6.50. The standard InChI is InChI=1S/C26H25Cl2NO3/c1-14(2)32-26(31)23-15(3)29-21-11-17(16-7-5-4-6-8-16)12-22(30)25(21)24(23)19-10-9-18(27)13-20(19)28/h4-10,13-14,17,24,29H,11-12H2,1-3H3/t17-,24-/m0/s1. The van der Waals surface area contributed by atoms with Crippen LogP contribution in [-0.4, -0.2) is 17.9 Å². The monoisotopic (exact) mass is 469 g/mol. The molecule has 2 aromatic carbocycles. The number of dihydropyridines is 1. The van der Waals surface area contributed by atoms with Crippen molar-refractivity contribution in [3.63, 3.8) is 0 Å². The first-order chi connectivity index (χ1) is 15.3. The number of Topliss-reactive ketones (excluding diaryl/α,β-unsaturated/α-hetero) is 1. The van der Waals surface area contributed by atoms with Gasteiger partial charge in [0.1, 0.15) is 0 Å². The van der Waals surface area contributed by atoms with Gasteiger partial charge in [-0.2, -0.15) is 0 Å². The van der Waals surface area contributed by atoms with Crippen LogP contribution in [0.15, 0.2) is 71.1 Å². The Bertz CT molecular complexity index is 1140. The number of ether oxygens (including phenoxy) is 1. The highest BCUT2D eigenvalue weighted by atomic mass is 35.5. The molecule has 1 aliphatic heterocycles. The molecule has 1 N–H and O–H groups in total. The number of esters is 1. The molecule has 0 amide bonds. The number of nitrogens with one attached hydrogen (secondary N) is 1. The van der Waals surface area contributed by atoms with Gasteiger partial charge in [0, 0.05) is 39.4 Å². The Labute approximate surface area is 198 Å². The number of hydrogen-bond donors (Lipinski definition) is 1. The number of benzene rings is 2. The van der Waals surface area contributed by atoms with E-state index in [1.165, 1.54) is 0 Å². The van der Waals surface area contributed by atoms with Crippen LogP contribution in [0.5, 0.6) is 0 Å². The van der Waals surface area contributed by atoms with Crippen molar-refractivity contribution in [2.24, 2.45) is 0 Å². The fourth-order valence-electron chi connectivity index (χ4n) is 4.59. The Kier molecular flexibility index (Phi) is 6.45. The van der Waals surface area contributed by atoms with Gasteiger partial charge in [-0.3, -0.25) is 4.79 Å². The summed E-state index contributed by atoms with van der Waals surface area (Å²) < 4.78 is 5.54. The van der Waals surface area contributed by atoms with Gasteiger partial charge in [0.2, 0.25) is 0 Å². The Morgan fingerprint density at radius 1 is 1.09 bits per heavy atom. The predicted octanol–water partition coefficient (Wildman–Crippen LogP) is 6.31. The van der Waals surface area contributed by atoms with Crippen molar-refractivity contribution in [3.8, 4) is 0 Å². The number of carbonyl (C=O) groups is 2. The van der Waals surface area contributed by atoms with Crippen LogP contribution in [0.4, 0.5) is 0 Å². The maximum absolute atomic E-state index is 13.5. The molecule has 0 radical (unpaired) electrons. The number of halogens is 2. The van der Waals surface area contributed by atoms with E-state index in [-0.39, 0.29) is 17.8 Å². The maximum atomic E-state index is 13.5. The zero-order chi connectivity index (χ0) is 23.0. The van der Waals surface area contributed by atoms with Crippen LogP contribution in [0.25, 0.3) is 0 Å². The van der Waals surface area contributed by atoms with Gasteiger partial charge in [0.05, 0.1) is 11.7 Å². The van der Waals surface area contributed by atoms with E-state index < -0.39 is 11.9 Å². The van der Waals surface area contributed by atoms with Crippen molar-refractivity contribution < 1.29 is 14.3 Å². The topological polar surface area (TPSA) is 55.4 Å². The summed E-state index contributed by atoms with van der Waals surface area (Å²) in [6.07, 6.45) is 0.762. The van der Waals surface area contributed by atoms with E-state index in [1.54, 1.807) is 32.0 Å². The summed E-state index contributed by atoms with van der Waals surface area (Å²) >= 11 is 12.7. The molecule has 32 heavy (non-hydrogen) atoms. The quantitative estimate of drug-likeness (QED) is 0.533. The van der Waals surface area contributed by atoms with Crippen LogP contribution in [-0.2, 0) is 14.3 Å². The van der Waals surface area contributed by atoms with Crippen LogP contribution in [0.3, 0.4) is 0 Å². The van der Waals surface area contributed by atoms with Crippen LogP contribution >= 0.6 is 23.2 Å². The SMILES string of the molecule is CC1=C(C(=O)OC(C)C)[C@H](c2ccc(Cl)cc2Cl)C2=C(C[C@H](c3ccccc3)CC2=O)N1. The van der Waals surface area contributed by atoms with Crippen LogP contribution in [0.2, 0.25) is 10.0 Å². The first kappa shape index (κ1) is 22.6. The summed E-state index contributed by atoms with van der Waals surface area (Å²) in [5.74, 6) is -0.976. The lowest BCUT2D eigenvalue weighted by Gasteiger charge is -2.37. The van der Waals surface area contributed by atoms with Crippen molar-refractivity contribution in [2.45, 2.75) is 51.6 Å². The summed E-state index contributed by atoms with van der Waals surface area (Å²) in [5.41, 5.74) is 4.31. The van der Waals surface area contributed by atoms with E-state index in [4.69, 9.17) is 27.9 Å². The average Bonchev–Trinajstić information content (AvgIpc) is 2.72. The van der Waals surface area contributed by atoms with Crippen molar-refractivity contribution in [2.75, 3.05) is 0 Å². The van der Waals surface area contributed by atoms with E-state index in [0.717, 1.165) is 11.3 Å². The Morgan fingerprint density at radius 3 is 2.47 bits per heavy atom. The van der Waals surface area contributed by atoms with Crippen molar-refractivity contribution in [3.05, 3.63) is 92.2 Å². The number of ketones is 1. The molecule has 4 rings (SSSR count). The fraction of sp³-hybridized carbons (Fsp3) is 0.308. The summed E-state index contributed by atoms with van der Waals surface area (Å²) in [6.45, 7) is 5.44. The average molecular weight is 470 g/mol. The molecule has 0 aromatic heterocycles. The van der Waals surface area contributed by atoms with E-state index in [0.29, 0.717) is 45.3 Å². The van der Waals surface area contributed by atoms with Crippen LogP contribution < -0.4 is 5.32 Å². The fourth-order valence-corrected chi connectivity index (χ4v) is 5.11. The highest BCUT2D eigenvalue weighted by Gasteiger charge is 2.42. The molecule has 2 aromatic rings. The number of carbonyl (C=O) groups excluding carboxylic acids is 2. The van der Waals surface area contributed by atoms with Gasteiger partial charge in [0.15, 0.2) is 5.78 Å². The van der Waals surface area contributed by atoms with Crippen LogP contribution in [0.1, 0.15) is 56.6 Å². The molecule has 2 atom stereocenters. The molecule has 2 aliphatic rings. The highest BCUT2D eigenvalue weighted by molar-refractivity contribution is 6.35. The number of rotatable bonds is 4. The zero-order valence-electron chi connectivity index (χ0n) is 18.2. The second kappa shape index (κ2) is 9.13. The first-order valence-electron chi connectivity index (χ1n) is 10.7. The van der Waals surface area contributed by atoms with Gasteiger partial charge in [-0.05, 0) is 56.4 Å². The molecular formula is C26H25Cl2NO3. The third-order valence-electron chi connectivity index (χ3n) is 5.93. The lowest BCUT2D eigenvalue weighted by molar-refractivity contribution is -0.143. The molecule has 0 spiro atoms. The highest BCUT2D eigenvalue weighted by Crippen LogP contribution is 2.47. The van der Waals surface area contributed by atoms with Crippen molar-refractivity contribution in [1.82, 2.24) is 5.32 Å². The molecule has 4 nitrogen and oxygen atoms in total. The van der Waals surface area contributed by atoms with Crippen molar-refractivity contribution >= 4 is 35.0 Å². The van der Waals surface area contributed by atoms with Gasteiger partial charge in [-0.15, -0.1) is 0 Å². The van der Waals surface area contributed by atoms with Gasteiger partial charge >= 0.3 is 5.97 Å². The predicted molar refractivity (Wildman–Crippen MR) is 127 cm³/mol. The van der Waals surface area contributed by atoms with Gasteiger partial charge in [-0.1, -0.05) is 59.6 Å². The normalized spacial score (nSPS) is 20.9. The number of hydrogen-bond acceptors (Lipinski definition) is 4. The molecule has 1 aliphatic carbocycles. The second-order valence-electron chi connectivity index (χ2n) is 8.55. The second-order valence-corrected chi connectivity index (χ2v) is 9.39. The maximum Gasteiger partial charge on any atom is 0.337 e. The van der Waals surface area contributed by atoms with Gasteiger partial charge in [-0.25, -0.2) is 4.79 Å². The third kappa shape index (κ3) is 4.35. The molecule has 0 unspecified atom stereocenters. The molecule has 0 saturated heterocycles. The minimum absolute atomic E-state index is 0.00552. The van der Waals surface area contributed by atoms with E-state index in [9.17, 15) is 9.59 Å². The molecular weight excluding hydrogens is 445 g/mol. The lowest BCUT2D eigenvalue weighted by atomic mass is 9.71. The molecule has 166 valence electrons. The summed E-state index contributed by atoms with van der Waals surface area (Å²) in [5, 5.41) is 4.26. The largest absolute Gasteiger partial charge is 0.460 e. The molecule has 1 heterocycles. The van der Waals surface area contributed by atoms with Gasteiger partial charge < -0.3 is 10.1 Å². The number of allylic oxidation sites excluding steroid dienone is 3. The van der Waals surface area contributed by atoms with Gasteiger partial charge in [0.25, 0.3) is 0 Å². The molecule has 0 fully saturated rings. The summed E-state index contributed by atoms with van der Waals surface area (Å²) in [4.78, 5) is 26.7. The Morgan fingerprint density at radius 2 is 1.81 bits per heavy atom.